The molecular weight excluding hydrogens is 394 g/mol. The van der Waals surface area contributed by atoms with Gasteiger partial charge in [0.05, 0.1) is 13.4 Å². The third-order valence-corrected chi connectivity index (χ3v) is 5.22. The second-order valence-corrected chi connectivity index (χ2v) is 7.99. The van der Waals surface area contributed by atoms with Crippen molar-refractivity contribution in [3.05, 3.63) is 48.5 Å². The largest absolute Gasteiger partial charge is 0.497 e. The first kappa shape index (κ1) is 20.6. The number of anilines is 3. The Hall–Kier alpha value is -3.18. The Balaban J connectivity index is 1.57. The molecule has 0 fully saturated rings. The maximum absolute atomic E-state index is 12.1. The van der Waals surface area contributed by atoms with Crippen LogP contribution in [0.4, 0.5) is 17.5 Å². The van der Waals surface area contributed by atoms with E-state index in [1.54, 1.807) is 18.7 Å². The minimum atomic E-state index is -3.64. The van der Waals surface area contributed by atoms with Crippen molar-refractivity contribution in [2.24, 2.45) is 7.05 Å². The Morgan fingerprint density at radius 3 is 2.55 bits per heavy atom. The number of nitrogens with one attached hydrogen (secondary N) is 3. The fraction of sp³-hybridized carbons (Fsp3) is 0.278. The van der Waals surface area contributed by atoms with E-state index in [-0.39, 0.29) is 11.6 Å². The van der Waals surface area contributed by atoms with Crippen molar-refractivity contribution in [2.45, 2.75) is 11.9 Å². The standard InChI is InChI=1S/C18H23N7O3S/c1-13-10-16(23-14-4-6-15(28-3)7-5-14)24-18(22-13)19-8-9-21-29(26,27)17-11-25(2)12-20-17/h4-7,10-12,21H,8-9H2,1-3H3,(H2,19,22,23,24). The molecule has 0 aliphatic carbocycles. The van der Waals surface area contributed by atoms with Crippen molar-refractivity contribution in [1.82, 2.24) is 24.2 Å². The quantitative estimate of drug-likeness (QED) is 0.449. The molecule has 0 saturated carbocycles. The summed E-state index contributed by atoms with van der Waals surface area (Å²) in [7, 11) is -0.318. The summed E-state index contributed by atoms with van der Waals surface area (Å²) in [4.78, 5) is 12.6. The van der Waals surface area contributed by atoms with Crippen LogP contribution in [0.3, 0.4) is 0 Å². The molecule has 0 bridgehead atoms. The number of ether oxygens (including phenoxy) is 1. The van der Waals surface area contributed by atoms with Crippen molar-refractivity contribution >= 4 is 27.5 Å². The Kier molecular flexibility index (Phi) is 6.29. The van der Waals surface area contributed by atoms with Crippen molar-refractivity contribution in [2.75, 3.05) is 30.8 Å². The molecule has 0 radical (unpaired) electrons. The Labute approximate surface area is 169 Å². The average Bonchev–Trinajstić information content (AvgIpc) is 3.13. The zero-order valence-corrected chi connectivity index (χ0v) is 17.2. The smallest absolute Gasteiger partial charge is 0.259 e. The molecule has 0 aliphatic heterocycles. The fourth-order valence-electron chi connectivity index (χ4n) is 2.50. The zero-order valence-electron chi connectivity index (χ0n) is 16.4. The van der Waals surface area contributed by atoms with Gasteiger partial charge in [-0.15, -0.1) is 0 Å². The predicted octanol–water partition coefficient (Wildman–Crippen LogP) is 1.66. The second-order valence-electron chi connectivity index (χ2n) is 6.27. The van der Waals surface area contributed by atoms with Gasteiger partial charge >= 0.3 is 0 Å². The van der Waals surface area contributed by atoms with E-state index in [0.717, 1.165) is 17.1 Å². The molecule has 3 aromatic rings. The van der Waals surface area contributed by atoms with Crippen LogP contribution in [0, 0.1) is 6.92 Å². The molecule has 2 aromatic heterocycles. The molecule has 3 N–H and O–H groups in total. The van der Waals surface area contributed by atoms with E-state index in [2.05, 4.69) is 30.3 Å². The van der Waals surface area contributed by atoms with E-state index in [4.69, 9.17) is 4.74 Å². The summed E-state index contributed by atoms with van der Waals surface area (Å²) >= 11 is 0. The number of hydrogen-bond acceptors (Lipinski definition) is 8. The van der Waals surface area contributed by atoms with Gasteiger partial charge in [0, 0.05) is 43.8 Å². The number of rotatable bonds is 9. The number of aryl methyl sites for hydroxylation is 2. The summed E-state index contributed by atoms with van der Waals surface area (Å²) in [6, 6.07) is 9.29. The third-order valence-electron chi connectivity index (χ3n) is 3.87. The van der Waals surface area contributed by atoms with Gasteiger partial charge in [-0.3, -0.25) is 0 Å². The number of imidazole rings is 1. The van der Waals surface area contributed by atoms with Crippen molar-refractivity contribution in [3.8, 4) is 5.75 Å². The predicted molar refractivity (Wildman–Crippen MR) is 110 cm³/mol. The number of methoxy groups -OCH3 is 1. The van der Waals surface area contributed by atoms with Gasteiger partial charge in [-0.05, 0) is 31.2 Å². The van der Waals surface area contributed by atoms with E-state index in [1.165, 1.54) is 12.5 Å². The Morgan fingerprint density at radius 1 is 1.14 bits per heavy atom. The highest BCUT2D eigenvalue weighted by Gasteiger charge is 2.16. The van der Waals surface area contributed by atoms with Crippen molar-refractivity contribution in [3.63, 3.8) is 0 Å². The topological polar surface area (TPSA) is 123 Å². The van der Waals surface area contributed by atoms with E-state index >= 15 is 0 Å². The van der Waals surface area contributed by atoms with Crippen LogP contribution in [0.1, 0.15) is 5.69 Å². The summed E-state index contributed by atoms with van der Waals surface area (Å²) in [5.74, 6) is 1.79. The van der Waals surface area contributed by atoms with Gasteiger partial charge in [0.1, 0.15) is 11.6 Å². The first-order valence-electron chi connectivity index (χ1n) is 8.84. The number of sulfonamides is 1. The van der Waals surface area contributed by atoms with Gasteiger partial charge in [-0.25, -0.2) is 23.1 Å². The normalized spacial score (nSPS) is 11.3. The number of hydrogen-bond donors (Lipinski definition) is 3. The maximum atomic E-state index is 12.1. The van der Waals surface area contributed by atoms with Crippen LogP contribution in [0.15, 0.2) is 47.9 Å². The van der Waals surface area contributed by atoms with Gasteiger partial charge in [-0.2, -0.15) is 4.98 Å². The highest BCUT2D eigenvalue weighted by molar-refractivity contribution is 7.89. The number of aromatic nitrogens is 4. The summed E-state index contributed by atoms with van der Waals surface area (Å²) in [6.07, 6.45) is 2.88. The lowest BCUT2D eigenvalue weighted by molar-refractivity contribution is 0.415. The monoisotopic (exact) mass is 417 g/mol. The summed E-state index contributed by atoms with van der Waals surface area (Å²) < 4.78 is 33.5. The lowest BCUT2D eigenvalue weighted by Gasteiger charge is -2.11. The van der Waals surface area contributed by atoms with Crippen LogP contribution < -0.4 is 20.1 Å². The molecule has 10 nitrogen and oxygen atoms in total. The summed E-state index contributed by atoms with van der Waals surface area (Å²) in [5, 5.41) is 6.21. The molecule has 0 aliphatic rings. The van der Waals surface area contributed by atoms with Crippen LogP contribution in [-0.2, 0) is 17.1 Å². The first-order chi connectivity index (χ1) is 13.9. The van der Waals surface area contributed by atoms with Crippen LogP contribution in [0.5, 0.6) is 5.75 Å². The highest BCUT2D eigenvalue weighted by atomic mass is 32.2. The van der Waals surface area contributed by atoms with E-state index < -0.39 is 10.0 Å². The minimum Gasteiger partial charge on any atom is -0.497 e. The molecule has 11 heteroatoms. The van der Waals surface area contributed by atoms with E-state index in [0.29, 0.717) is 18.3 Å². The van der Waals surface area contributed by atoms with Gasteiger partial charge < -0.3 is 19.9 Å². The van der Waals surface area contributed by atoms with Gasteiger partial charge in [0.2, 0.25) is 5.95 Å². The van der Waals surface area contributed by atoms with Gasteiger partial charge in [-0.1, -0.05) is 0 Å². The van der Waals surface area contributed by atoms with E-state index in [1.807, 2.05) is 37.3 Å². The molecule has 1 aromatic carbocycles. The Bertz CT molecular complexity index is 1070. The molecule has 3 rings (SSSR count). The summed E-state index contributed by atoms with van der Waals surface area (Å²) in [6.45, 7) is 2.34. The molecule has 0 atom stereocenters. The van der Waals surface area contributed by atoms with E-state index in [9.17, 15) is 8.42 Å². The van der Waals surface area contributed by atoms with Crippen LogP contribution >= 0.6 is 0 Å². The maximum Gasteiger partial charge on any atom is 0.259 e. The third kappa shape index (κ3) is 5.65. The van der Waals surface area contributed by atoms with Gasteiger partial charge in [0.25, 0.3) is 10.0 Å². The molecule has 0 amide bonds. The second kappa shape index (κ2) is 8.88. The lowest BCUT2D eigenvalue weighted by atomic mass is 10.3. The van der Waals surface area contributed by atoms with Crippen molar-refractivity contribution in [1.29, 1.82) is 0 Å². The number of nitrogens with zero attached hydrogens (tertiary/aromatic N) is 4. The first-order valence-corrected chi connectivity index (χ1v) is 10.3. The van der Waals surface area contributed by atoms with Crippen LogP contribution in [0.25, 0.3) is 0 Å². The summed E-state index contributed by atoms with van der Waals surface area (Å²) in [5.41, 5.74) is 1.63. The molecule has 29 heavy (non-hydrogen) atoms. The minimum absolute atomic E-state index is 0.0159. The number of benzene rings is 1. The fourth-order valence-corrected chi connectivity index (χ4v) is 3.50. The molecular formula is C18H23N7O3S. The average molecular weight is 417 g/mol. The van der Waals surface area contributed by atoms with Crippen LogP contribution in [-0.4, -0.2) is 48.1 Å². The molecule has 0 saturated heterocycles. The van der Waals surface area contributed by atoms with Gasteiger partial charge in [0.15, 0.2) is 5.03 Å². The van der Waals surface area contributed by atoms with Crippen molar-refractivity contribution < 1.29 is 13.2 Å². The lowest BCUT2D eigenvalue weighted by Crippen LogP contribution is -2.29. The molecule has 2 heterocycles. The SMILES string of the molecule is COc1ccc(Nc2cc(C)nc(NCCNS(=O)(=O)c3cn(C)cn3)n2)cc1. The molecule has 0 spiro atoms. The molecule has 154 valence electrons. The van der Waals surface area contributed by atoms with Crippen LogP contribution in [0.2, 0.25) is 0 Å². The zero-order chi connectivity index (χ0) is 20.9. The highest BCUT2D eigenvalue weighted by Crippen LogP contribution is 2.19. The molecule has 0 unspecified atom stereocenters. The Morgan fingerprint density at radius 2 is 1.90 bits per heavy atom.